The Balaban J connectivity index is 2.62. The number of hydrogen-bond acceptors (Lipinski definition) is 4. The number of methoxy groups -OCH3 is 2. The zero-order chi connectivity index (χ0) is 12.9. The van der Waals surface area contributed by atoms with E-state index in [2.05, 4.69) is 0 Å². The highest BCUT2D eigenvalue weighted by molar-refractivity contribution is 5.78. The average molecular weight is 245 g/mol. The number of carboxylic acid groups (broad SMARTS) is 1. The van der Waals surface area contributed by atoms with E-state index in [0.717, 1.165) is 25.9 Å². The predicted molar refractivity (Wildman–Crippen MR) is 64.1 cm³/mol. The van der Waals surface area contributed by atoms with E-state index in [4.69, 9.17) is 9.47 Å². The lowest BCUT2D eigenvalue weighted by molar-refractivity contribution is -0.153. The summed E-state index contributed by atoms with van der Waals surface area (Å²) in [7, 11) is 3.31. The van der Waals surface area contributed by atoms with Gasteiger partial charge in [0.15, 0.2) is 0 Å². The van der Waals surface area contributed by atoms with Gasteiger partial charge in [0.25, 0.3) is 0 Å². The van der Waals surface area contributed by atoms with Crippen molar-refractivity contribution in [3.63, 3.8) is 0 Å². The molecule has 0 aromatic carbocycles. The van der Waals surface area contributed by atoms with Crippen molar-refractivity contribution in [1.82, 2.24) is 4.90 Å². The summed E-state index contributed by atoms with van der Waals surface area (Å²) < 4.78 is 10.3. The molecule has 1 N–H and O–H groups in total. The molecule has 1 rings (SSSR count). The number of carbonyl (C=O) groups is 1. The first-order valence-electron chi connectivity index (χ1n) is 6.04. The Morgan fingerprint density at radius 2 is 2.00 bits per heavy atom. The van der Waals surface area contributed by atoms with Crippen LogP contribution in [-0.4, -0.2) is 61.5 Å². The van der Waals surface area contributed by atoms with Gasteiger partial charge in [-0.15, -0.1) is 0 Å². The molecule has 0 aromatic rings. The lowest BCUT2D eigenvalue weighted by atomic mass is 9.92. The number of nitrogens with zero attached hydrogens (tertiary/aromatic N) is 1. The molecule has 5 heteroatoms. The maximum atomic E-state index is 11.4. The number of rotatable bonds is 6. The topological polar surface area (TPSA) is 59.0 Å². The molecule has 100 valence electrons. The van der Waals surface area contributed by atoms with Crippen LogP contribution < -0.4 is 0 Å². The summed E-state index contributed by atoms with van der Waals surface area (Å²) in [5.41, 5.74) is -0.825. The number of ether oxygens (including phenoxy) is 2. The second-order valence-corrected chi connectivity index (χ2v) is 4.74. The summed E-state index contributed by atoms with van der Waals surface area (Å²) in [5, 5.41) is 9.41. The first kappa shape index (κ1) is 14.4. The maximum absolute atomic E-state index is 11.4. The quantitative estimate of drug-likeness (QED) is 0.756. The van der Waals surface area contributed by atoms with E-state index in [0.29, 0.717) is 13.0 Å². The van der Waals surface area contributed by atoms with Gasteiger partial charge in [0.1, 0.15) is 5.54 Å². The Morgan fingerprint density at radius 3 is 2.41 bits per heavy atom. The van der Waals surface area contributed by atoms with Crippen LogP contribution in [0.5, 0.6) is 0 Å². The molecule has 0 bridgehead atoms. The van der Waals surface area contributed by atoms with E-state index in [1.165, 1.54) is 0 Å². The third-order valence-corrected chi connectivity index (χ3v) is 3.73. The number of likely N-dealkylation sites (tertiary alicyclic amines) is 1. The minimum absolute atomic E-state index is 0.270. The fourth-order valence-corrected chi connectivity index (χ4v) is 2.29. The van der Waals surface area contributed by atoms with Gasteiger partial charge < -0.3 is 14.6 Å². The number of piperidine rings is 1. The predicted octanol–water partition coefficient (Wildman–Crippen LogP) is 0.977. The zero-order valence-corrected chi connectivity index (χ0v) is 10.9. The summed E-state index contributed by atoms with van der Waals surface area (Å²) in [5.74, 6) is -0.773. The van der Waals surface area contributed by atoms with Crippen molar-refractivity contribution in [2.24, 2.45) is 0 Å². The average Bonchev–Trinajstić information content (AvgIpc) is 2.35. The molecule has 1 atom stereocenters. The molecule has 1 aliphatic rings. The molecule has 0 radical (unpaired) electrons. The molecule has 1 fully saturated rings. The third-order valence-electron chi connectivity index (χ3n) is 3.73. The summed E-state index contributed by atoms with van der Waals surface area (Å²) in [6.07, 6.45) is 2.57. The largest absolute Gasteiger partial charge is 0.480 e. The van der Waals surface area contributed by atoms with Gasteiger partial charge in [-0.05, 0) is 26.2 Å². The maximum Gasteiger partial charge on any atom is 0.323 e. The smallest absolute Gasteiger partial charge is 0.323 e. The minimum Gasteiger partial charge on any atom is -0.480 e. The number of hydrogen-bond donors (Lipinski definition) is 1. The molecule has 17 heavy (non-hydrogen) atoms. The Bertz CT molecular complexity index is 251. The van der Waals surface area contributed by atoms with Crippen molar-refractivity contribution in [3.8, 4) is 0 Å². The molecule has 1 aliphatic heterocycles. The zero-order valence-electron chi connectivity index (χ0n) is 10.9. The summed E-state index contributed by atoms with van der Waals surface area (Å²) in [4.78, 5) is 13.5. The Morgan fingerprint density at radius 1 is 1.41 bits per heavy atom. The van der Waals surface area contributed by atoms with Crippen LogP contribution >= 0.6 is 0 Å². The van der Waals surface area contributed by atoms with Gasteiger partial charge in [0, 0.05) is 33.9 Å². The Hall–Kier alpha value is -0.650. The SMILES string of the molecule is COCCC(C)(C(=O)O)N1CCC(OC)CC1. The van der Waals surface area contributed by atoms with Crippen molar-refractivity contribution in [3.05, 3.63) is 0 Å². The fourth-order valence-electron chi connectivity index (χ4n) is 2.29. The van der Waals surface area contributed by atoms with Crippen LogP contribution in [-0.2, 0) is 14.3 Å². The summed E-state index contributed by atoms with van der Waals surface area (Å²) in [6.45, 7) is 3.78. The van der Waals surface area contributed by atoms with Crippen LogP contribution in [0, 0.1) is 0 Å². The highest BCUT2D eigenvalue weighted by atomic mass is 16.5. The van der Waals surface area contributed by atoms with Crippen molar-refractivity contribution >= 4 is 5.97 Å². The molecule has 0 aromatic heterocycles. The van der Waals surface area contributed by atoms with Gasteiger partial charge in [0.2, 0.25) is 0 Å². The number of carboxylic acids is 1. The molecule has 0 spiro atoms. The Kier molecular flexibility index (Phi) is 5.36. The van der Waals surface area contributed by atoms with Crippen LogP contribution in [0.15, 0.2) is 0 Å². The standard InChI is InChI=1S/C12H23NO4/c1-12(11(14)15,6-9-16-2)13-7-4-10(17-3)5-8-13/h10H,4-9H2,1-3H3,(H,14,15). The van der Waals surface area contributed by atoms with Gasteiger partial charge >= 0.3 is 5.97 Å². The monoisotopic (exact) mass is 245 g/mol. The summed E-state index contributed by atoms with van der Waals surface area (Å²) in [6, 6.07) is 0. The van der Waals surface area contributed by atoms with E-state index in [9.17, 15) is 9.90 Å². The normalized spacial score (nSPS) is 22.3. The molecule has 1 saturated heterocycles. The van der Waals surface area contributed by atoms with E-state index in [-0.39, 0.29) is 6.10 Å². The van der Waals surface area contributed by atoms with Gasteiger partial charge in [0.05, 0.1) is 6.10 Å². The Labute approximate surface area is 103 Å². The van der Waals surface area contributed by atoms with Crippen LogP contribution in [0.4, 0.5) is 0 Å². The van der Waals surface area contributed by atoms with Crippen LogP contribution in [0.25, 0.3) is 0 Å². The first-order chi connectivity index (χ1) is 8.04. The second-order valence-electron chi connectivity index (χ2n) is 4.74. The van der Waals surface area contributed by atoms with E-state index < -0.39 is 11.5 Å². The fraction of sp³-hybridized carbons (Fsp3) is 0.917. The molecular weight excluding hydrogens is 222 g/mol. The summed E-state index contributed by atoms with van der Waals surface area (Å²) >= 11 is 0. The third kappa shape index (κ3) is 3.40. The van der Waals surface area contributed by atoms with E-state index in [1.807, 2.05) is 4.90 Å². The van der Waals surface area contributed by atoms with E-state index in [1.54, 1.807) is 21.1 Å². The first-order valence-corrected chi connectivity index (χ1v) is 6.04. The molecule has 1 heterocycles. The van der Waals surface area contributed by atoms with Crippen LogP contribution in [0.3, 0.4) is 0 Å². The minimum atomic E-state index is -0.825. The van der Waals surface area contributed by atoms with Crippen molar-refractivity contribution in [2.75, 3.05) is 33.9 Å². The van der Waals surface area contributed by atoms with Crippen molar-refractivity contribution in [2.45, 2.75) is 37.8 Å². The van der Waals surface area contributed by atoms with Gasteiger partial charge in [-0.1, -0.05) is 0 Å². The lowest BCUT2D eigenvalue weighted by Gasteiger charge is -2.41. The molecule has 0 aliphatic carbocycles. The molecule has 5 nitrogen and oxygen atoms in total. The molecule has 1 unspecified atom stereocenters. The molecule has 0 amide bonds. The molecule has 0 saturated carbocycles. The highest BCUT2D eigenvalue weighted by Crippen LogP contribution is 2.25. The lowest BCUT2D eigenvalue weighted by Crippen LogP contribution is -2.56. The van der Waals surface area contributed by atoms with Gasteiger partial charge in [-0.25, -0.2) is 0 Å². The second kappa shape index (κ2) is 6.33. The van der Waals surface area contributed by atoms with Crippen LogP contribution in [0.2, 0.25) is 0 Å². The van der Waals surface area contributed by atoms with Crippen molar-refractivity contribution < 1.29 is 19.4 Å². The van der Waals surface area contributed by atoms with Gasteiger partial charge in [-0.3, -0.25) is 9.69 Å². The van der Waals surface area contributed by atoms with Crippen LogP contribution in [0.1, 0.15) is 26.2 Å². The highest BCUT2D eigenvalue weighted by Gasteiger charge is 2.40. The van der Waals surface area contributed by atoms with E-state index >= 15 is 0 Å². The molecular formula is C12H23NO4. The van der Waals surface area contributed by atoms with Crippen molar-refractivity contribution in [1.29, 1.82) is 0 Å². The number of aliphatic carboxylic acids is 1. The van der Waals surface area contributed by atoms with Gasteiger partial charge in [-0.2, -0.15) is 0 Å².